The lowest BCUT2D eigenvalue weighted by atomic mass is 9.52. The van der Waals surface area contributed by atoms with Gasteiger partial charge in [0.1, 0.15) is 0 Å². The van der Waals surface area contributed by atoms with Crippen LogP contribution in [0.4, 0.5) is 0 Å². The zero-order valence-electron chi connectivity index (χ0n) is 10.1. The van der Waals surface area contributed by atoms with Gasteiger partial charge in [-0.25, -0.2) is 12.7 Å². The van der Waals surface area contributed by atoms with Gasteiger partial charge in [0, 0.05) is 13.1 Å². The topological polar surface area (TPSA) is 37.4 Å². The first kappa shape index (κ1) is 11.4. The van der Waals surface area contributed by atoms with Gasteiger partial charge in [0.05, 0.1) is 6.26 Å². The van der Waals surface area contributed by atoms with E-state index in [1.807, 2.05) is 0 Å². The van der Waals surface area contributed by atoms with Gasteiger partial charge in [-0.15, -0.1) is 0 Å². The number of hydrogen-bond donors (Lipinski definition) is 0. The predicted octanol–water partition coefficient (Wildman–Crippen LogP) is 1.70. The van der Waals surface area contributed by atoms with Crippen LogP contribution in [0.2, 0.25) is 0 Å². The molecule has 1 aliphatic carbocycles. The summed E-state index contributed by atoms with van der Waals surface area (Å²) in [5, 5.41) is 0. The first-order chi connectivity index (χ1) is 6.62. The standard InChI is InChI=1S/C11H21NO2S/c1-10(2,3)9-5-11(6-9)7-12(8-11)15(4,13)14/h9H,5-8H2,1-4H3. The molecular weight excluding hydrogens is 210 g/mol. The summed E-state index contributed by atoms with van der Waals surface area (Å²) >= 11 is 0. The van der Waals surface area contributed by atoms with Gasteiger partial charge in [-0.05, 0) is 29.6 Å². The van der Waals surface area contributed by atoms with Gasteiger partial charge in [0.2, 0.25) is 10.0 Å². The van der Waals surface area contributed by atoms with Crippen LogP contribution in [0.5, 0.6) is 0 Å². The van der Waals surface area contributed by atoms with Gasteiger partial charge in [-0.1, -0.05) is 20.8 Å². The molecule has 0 bridgehead atoms. The highest BCUT2D eigenvalue weighted by molar-refractivity contribution is 7.88. The number of sulfonamides is 1. The third-order valence-corrected chi connectivity index (χ3v) is 5.27. The molecule has 0 amide bonds. The van der Waals surface area contributed by atoms with Crippen molar-refractivity contribution in [1.82, 2.24) is 4.31 Å². The van der Waals surface area contributed by atoms with E-state index in [0.717, 1.165) is 19.0 Å². The monoisotopic (exact) mass is 231 g/mol. The van der Waals surface area contributed by atoms with Crippen LogP contribution in [0.25, 0.3) is 0 Å². The summed E-state index contributed by atoms with van der Waals surface area (Å²) in [6, 6.07) is 0. The Morgan fingerprint density at radius 2 is 1.67 bits per heavy atom. The van der Waals surface area contributed by atoms with E-state index in [1.54, 1.807) is 4.31 Å². The van der Waals surface area contributed by atoms with E-state index < -0.39 is 10.0 Å². The minimum absolute atomic E-state index is 0.348. The van der Waals surface area contributed by atoms with Gasteiger partial charge in [-0.3, -0.25) is 0 Å². The highest BCUT2D eigenvalue weighted by atomic mass is 32.2. The van der Waals surface area contributed by atoms with E-state index in [9.17, 15) is 8.42 Å². The molecule has 4 heteroatoms. The van der Waals surface area contributed by atoms with Crippen LogP contribution in [0.1, 0.15) is 33.6 Å². The van der Waals surface area contributed by atoms with Crippen molar-refractivity contribution in [2.75, 3.05) is 19.3 Å². The average Bonchev–Trinajstić information content (AvgIpc) is 1.71. The third kappa shape index (κ3) is 1.94. The Kier molecular flexibility index (Phi) is 2.26. The van der Waals surface area contributed by atoms with Gasteiger partial charge in [-0.2, -0.15) is 0 Å². The average molecular weight is 231 g/mol. The largest absolute Gasteiger partial charge is 0.213 e. The third-order valence-electron chi connectivity index (χ3n) is 4.08. The molecule has 1 aliphatic heterocycles. The SMILES string of the molecule is CC(C)(C)C1CC2(C1)CN(S(C)(=O)=O)C2. The van der Waals surface area contributed by atoms with Crippen LogP contribution >= 0.6 is 0 Å². The maximum Gasteiger partial charge on any atom is 0.211 e. The summed E-state index contributed by atoms with van der Waals surface area (Å²) in [5.74, 6) is 0.777. The highest BCUT2D eigenvalue weighted by Crippen LogP contribution is 2.57. The molecule has 1 saturated carbocycles. The Bertz CT molecular complexity index is 353. The number of nitrogens with zero attached hydrogens (tertiary/aromatic N) is 1. The fraction of sp³-hybridized carbons (Fsp3) is 1.00. The maximum atomic E-state index is 11.2. The summed E-state index contributed by atoms with van der Waals surface area (Å²) in [4.78, 5) is 0. The molecule has 1 heterocycles. The molecule has 2 rings (SSSR count). The smallest absolute Gasteiger partial charge is 0.211 e. The van der Waals surface area contributed by atoms with E-state index >= 15 is 0 Å². The molecule has 0 N–H and O–H groups in total. The Morgan fingerprint density at radius 1 is 1.20 bits per heavy atom. The fourth-order valence-electron chi connectivity index (χ4n) is 2.79. The molecule has 3 nitrogen and oxygen atoms in total. The molecule has 0 aromatic carbocycles. The van der Waals surface area contributed by atoms with Crippen LogP contribution in [0, 0.1) is 16.7 Å². The van der Waals surface area contributed by atoms with Crippen molar-refractivity contribution >= 4 is 10.0 Å². The van der Waals surface area contributed by atoms with E-state index in [1.165, 1.54) is 19.1 Å². The zero-order chi connectivity index (χ0) is 11.5. The molecule has 0 radical (unpaired) electrons. The molecule has 0 aromatic rings. The quantitative estimate of drug-likeness (QED) is 0.689. The lowest BCUT2D eigenvalue weighted by Crippen LogP contribution is -2.64. The van der Waals surface area contributed by atoms with E-state index in [4.69, 9.17) is 0 Å². The summed E-state index contributed by atoms with van der Waals surface area (Å²) in [5.41, 5.74) is 0.734. The van der Waals surface area contributed by atoms with E-state index in [0.29, 0.717) is 10.8 Å². The highest BCUT2D eigenvalue weighted by Gasteiger charge is 2.56. The molecule has 2 fully saturated rings. The van der Waals surface area contributed by atoms with Crippen molar-refractivity contribution in [3.8, 4) is 0 Å². The molecule has 15 heavy (non-hydrogen) atoms. The van der Waals surface area contributed by atoms with Crippen molar-refractivity contribution in [2.45, 2.75) is 33.6 Å². The molecule has 2 aliphatic rings. The van der Waals surface area contributed by atoms with Crippen LogP contribution in [-0.2, 0) is 10.0 Å². The lowest BCUT2D eigenvalue weighted by Gasteiger charge is -2.61. The van der Waals surface area contributed by atoms with Crippen LogP contribution in [-0.4, -0.2) is 32.1 Å². The van der Waals surface area contributed by atoms with E-state index in [2.05, 4.69) is 20.8 Å². The zero-order valence-corrected chi connectivity index (χ0v) is 10.9. The molecule has 88 valence electrons. The van der Waals surface area contributed by atoms with Gasteiger partial charge in [0.25, 0.3) is 0 Å². The molecular formula is C11H21NO2S. The van der Waals surface area contributed by atoms with Crippen molar-refractivity contribution < 1.29 is 8.42 Å². The maximum absolute atomic E-state index is 11.2. The van der Waals surface area contributed by atoms with Crippen molar-refractivity contribution in [2.24, 2.45) is 16.7 Å². The predicted molar refractivity (Wildman–Crippen MR) is 61.0 cm³/mol. The number of rotatable bonds is 1. The second-order valence-corrected chi connectivity index (χ2v) is 8.48. The minimum Gasteiger partial charge on any atom is -0.213 e. The second-order valence-electron chi connectivity index (χ2n) is 6.50. The van der Waals surface area contributed by atoms with Crippen molar-refractivity contribution in [1.29, 1.82) is 0 Å². The summed E-state index contributed by atoms with van der Waals surface area (Å²) in [6.07, 6.45) is 3.73. The van der Waals surface area contributed by atoms with Crippen molar-refractivity contribution in [3.05, 3.63) is 0 Å². The molecule has 1 spiro atoms. The Morgan fingerprint density at radius 3 is 2.00 bits per heavy atom. The van der Waals surface area contributed by atoms with Crippen molar-refractivity contribution in [3.63, 3.8) is 0 Å². The Labute approximate surface area is 92.9 Å². The van der Waals surface area contributed by atoms with Crippen LogP contribution in [0.15, 0.2) is 0 Å². The number of hydrogen-bond acceptors (Lipinski definition) is 2. The normalized spacial score (nSPS) is 27.5. The molecule has 0 aromatic heterocycles. The summed E-state index contributed by atoms with van der Waals surface area (Å²) in [7, 11) is -2.93. The first-order valence-corrected chi connectivity index (χ1v) is 7.42. The second kappa shape index (κ2) is 2.98. The summed E-state index contributed by atoms with van der Waals surface area (Å²) < 4.78 is 24.1. The summed E-state index contributed by atoms with van der Waals surface area (Å²) in [6.45, 7) is 8.35. The minimum atomic E-state index is -2.93. The van der Waals surface area contributed by atoms with Gasteiger partial charge >= 0.3 is 0 Å². The van der Waals surface area contributed by atoms with Crippen LogP contribution < -0.4 is 0 Å². The molecule has 0 atom stereocenters. The van der Waals surface area contributed by atoms with Gasteiger partial charge < -0.3 is 0 Å². The lowest BCUT2D eigenvalue weighted by molar-refractivity contribution is -0.0892. The van der Waals surface area contributed by atoms with Crippen LogP contribution in [0.3, 0.4) is 0 Å². The molecule has 0 unspecified atom stereocenters. The van der Waals surface area contributed by atoms with E-state index in [-0.39, 0.29) is 0 Å². The van der Waals surface area contributed by atoms with Gasteiger partial charge in [0.15, 0.2) is 0 Å². The molecule has 1 saturated heterocycles. The Hall–Kier alpha value is -0.0900. The first-order valence-electron chi connectivity index (χ1n) is 5.58. The Balaban J connectivity index is 1.88. The fourth-order valence-corrected chi connectivity index (χ4v) is 3.81.